The van der Waals surface area contributed by atoms with Crippen LogP contribution in [-0.4, -0.2) is 53.4 Å². The fraction of sp³-hybridized carbons (Fsp3) is 0.333. The van der Waals surface area contributed by atoms with Crippen LogP contribution >= 0.6 is 11.6 Å². The second kappa shape index (κ2) is 8.23. The van der Waals surface area contributed by atoms with Gasteiger partial charge in [0.15, 0.2) is 0 Å². The Balaban J connectivity index is 1.54. The number of anilines is 1. The molecule has 1 saturated heterocycles. The number of hydrogen-bond acceptors (Lipinski definition) is 6. The van der Waals surface area contributed by atoms with Crippen molar-refractivity contribution >= 4 is 38.2 Å². The summed E-state index contributed by atoms with van der Waals surface area (Å²) in [6, 6.07) is 11.2. The molecular formula is C21H24ClN5O3S. The van der Waals surface area contributed by atoms with E-state index in [1.54, 1.807) is 41.9 Å². The van der Waals surface area contributed by atoms with E-state index in [1.165, 1.54) is 16.4 Å². The molecule has 1 unspecified atom stereocenters. The summed E-state index contributed by atoms with van der Waals surface area (Å²) in [5, 5.41) is 0.978. The van der Waals surface area contributed by atoms with Crippen LogP contribution in [-0.2, 0) is 17.1 Å². The Morgan fingerprint density at radius 3 is 2.35 bits per heavy atom. The Kier molecular flexibility index (Phi) is 5.78. The van der Waals surface area contributed by atoms with Crippen molar-refractivity contribution in [2.24, 2.45) is 7.05 Å². The molecule has 0 spiro atoms. The van der Waals surface area contributed by atoms with Gasteiger partial charge in [0, 0.05) is 43.9 Å². The first-order valence-corrected chi connectivity index (χ1v) is 11.8. The van der Waals surface area contributed by atoms with Gasteiger partial charge in [-0.25, -0.2) is 13.4 Å². The van der Waals surface area contributed by atoms with Crippen LogP contribution in [0.2, 0.25) is 5.02 Å². The number of halogens is 1. The summed E-state index contributed by atoms with van der Waals surface area (Å²) in [6.45, 7) is 3.75. The van der Waals surface area contributed by atoms with Gasteiger partial charge in [0.2, 0.25) is 10.0 Å². The van der Waals surface area contributed by atoms with Gasteiger partial charge in [-0.05, 0) is 49.4 Å². The van der Waals surface area contributed by atoms with E-state index in [0.717, 1.165) is 0 Å². The van der Waals surface area contributed by atoms with Crippen molar-refractivity contribution in [1.82, 2.24) is 18.8 Å². The van der Waals surface area contributed by atoms with Crippen LogP contribution in [0.15, 0.2) is 52.2 Å². The van der Waals surface area contributed by atoms with E-state index in [9.17, 15) is 13.2 Å². The van der Waals surface area contributed by atoms with Gasteiger partial charge in [0.25, 0.3) is 5.56 Å². The Bertz CT molecular complexity index is 1280. The number of nitrogen functional groups attached to an aromatic ring is 1. The Morgan fingerprint density at radius 2 is 1.71 bits per heavy atom. The summed E-state index contributed by atoms with van der Waals surface area (Å²) in [5.41, 5.74) is 6.78. The minimum Gasteiger partial charge on any atom is -0.399 e. The normalized spacial score (nSPS) is 17.1. The number of piperazine rings is 1. The number of rotatable bonds is 4. The van der Waals surface area contributed by atoms with Crippen LogP contribution in [0.4, 0.5) is 5.69 Å². The molecule has 8 nitrogen and oxygen atoms in total. The third-order valence-corrected chi connectivity index (χ3v) is 7.95. The lowest BCUT2D eigenvalue weighted by atomic mass is 10.2. The number of nitrogens with two attached hydrogens (primary N) is 1. The van der Waals surface area contributed by atoms with E-state index < -0.39 is 10.0 Å². The Labute approximate surface area is 185 Å². The highest BCUT2D eigenvalue weighted by Gasteiger charge is 2.31. The molecule has 0 radical (unpaired) electrons. The van der Waals surface area contributed by atoms with Crippen molar-refractivity contribution < 1.29 is 8.42 Å². The van der Waals surface area contributed by atoms with Crippen molar-refractivity contribution in [2.75, 3.05) is 31.9 Å². The first-order valence-electron chi connectivity index (χ1n) is 9.94. The summed E-state index contributed by atoms with van der Waals surface area (Å²) in [4.78, 5) is 19.9. The quantitative estimate of drug-likeness (QED) is 0.598. The third-order valence-electron chi connectivity index (χ3n) is 5.78. The van der Waals surface area contributed by atoms with Crippen molar-refractivity contribution in [2.45, 2.75) is 17.9 Å². The summed E-state index contributed by atoms with van der Waals surface area (Å²) >= 11 is 5.88. The molecule has 1 aliphatic heterocycles. The lowest BCUT2D eigenvalue weighted by Gasteiger charge is -2.37. The highest BCUT2D eigenvalue weighted by atomic mass is 35.5. The highest BCUT2D eigenvalue weighted by molar-refractivity contribution is 7.89. The van der Waals surface area contributed by atoms with Gasteiger partial charge in [-0.3, -0.25) is 14.3 Å². The maximum atomic E-state index is 12.9. The number of benzene rings is 2. The molecule has 1 atom stereocenters. The predicted octanol–water partition coefficient (Wildman–Crippen LogP) is 2.24. The molecule has 1 aromatic heterocycles. The van der Waals surface area contributed by atoms with Gasteiger partial charge in [-0.15, -0.1) is 0 Å². The molecule has 10 heteroatoms. The van der Waals surface area contributed by atoms with E-state index in [2.05, 4.69) is 4.90 Å². The fourth-order valence-corrected chi connectivity index (χ4v) is 5.48. The topological polar surface area (TPSA) is 102 Å². The molecular weight excluding hydrogens is 438 g/mol. The van der Waals surface area contributed by atoms with Crippen LogP contribution in [0.5, 0.6) is 0 Å². The predicted molar refractivity (Wildman–Crippen MR) is 122 cm³/mol. The summed E-state index contributed by atoms with van der Waals surface area (Å²) in [6.07, 6.45) is 0. The summed E-state index contributed by atoms with van der Waals surface area (Å²) in [7, 11) is -1.88. The maximum Gasteiger partial charge on any atom is 0.261 e. The van der Waals surface area contributed by atoms with Crippen molar-refractivity contribution in [1.29, 1.82) is 0 Å². The number of aromatic nitrogens is 2. The molecule has 164 valence electrons. The van der Waals surface area contributed by atoms with Gasteiger partial charge in [0.1, 0.15) is 5.82 Å². The average Bonchev–Trinajstić information content (AvgIpc) is 2.76. The second-order valence-corrected chi connectivity index (χ2v) is 10.1. The zero-order valence-corrected chi connectivity index (χ0v) is 18.9. The molecule has 31 heavy (non-hydrogen) atoms. The van der Waals surface area contributed by atoms with Gasteiger partial charge < -0.3 is 5.73 Å². The van der Waals surface area contributed by atoms with Crippen LogP contribution in [0.25, 0.3) is 10.9 Å². The van der Waals surface area contributed by atoms with Crippen molar-refractivity contribution in [3.05, 3.63) is 63.7 Å². The molecule has 0 bridgehead atoms. The van der Waals surface area contributed by atoms with Crippen LogP contribution in [0, 0.1) is 0 Å². The molecule has 2 N–H and O–H groups in total. The van der Waals surface area contributed by atoms with E-state index in [4.69, 9.17) is 22.3 Å². The summed E-state index contributed by atoms with van der Waals surface area (Å²) in [5.74, 6) is 0.635. The molecule has 1 fully saturated rings. The van der Waals surface area contributed by atoms with E-state index >= 15 is 0 Å². The molecule has 4 rings (SSSR count). The molecule has 2 heterocycles. The van der Waals surface area contributed by atoms with Crippen LogP contribution in [0.1, 0.15) is 18.8 Å². The third kappa shape index (κ3) is 4.06. The minimum atomic E-state index is -3.57. The molecule has 3 aromatic rings. The lowest BCUT2D eigenvalue weighted by molar-refractivity contribution is 0.139. The molecule has 1 aliphatic rings. The SMILES string of the molecule is CC(c1nc2ccc(N)cc2c(=O)n1C)N1CCN(S(=O)(=O)c2ccc(Cl)cc2)CC1. The smallest absolute Gasteiger partial charge is 0.261 e. The zero-order chi connectivity index (χ0) is 22.3. The molecule has 0 amide bonds. The summed E-state index contributed by atoms with van der Waals surface area (Å²) < 4.78 is 28.9. The van der Waals surface area contributed by atoms with Gasteiger partial charge in [-0.1, -0.05) is 11.6 Å². The Hall–Kier alpha value is -2.46. The zero-order valence-electron chi connectivity index (χ0n) is 17.3. The molecule has 0 aliphatic carbocycles. The number of sulfonamides is 1. The fourth-order valence-electron chi connectivity index (χ4n) is 3.93. The van der Waals surface area contributed by atoms with E-state index in [1.807, 2.05) is 6.92 Å². The Morgan fingerprint density at radius 1 is 1.06 bits per heavy atom. The van der Waals surface area contributed by atoms with Crippen LogP contribution < -0.4 is 11.3 Å². The monoisotopic (exact) mass is 461 g/mol. The average molecular weight is 462 g/mol. The van der Waals surface area contributed by atoms with Crippen molar-refractivity contribution in [3.63, 3.8) is 0 Å². The number of nitrogens with zero attached hydrogens (tertiary/aromatic N) is 4. The van der Waals surface area contributed by atoms with Crippen LogP contribution in [0.3, 0.4) is 0 Å². The largest absolute Gasteiger partial charge is 0.399 e. The highest BCUT2D eigenvalue weighted by Crippen LogP contribution is 2.24. The first kappa shape index (κ1) is 21.8. The number of hydrogen-bond donors (Lipinski definition) is 1. The number of fused-ring (bicyclic) bond motifs is 1. The van der Waals surface area contributed by atoms with Gasteiger partial charge in [-0.2, -0.15) is 4.31 Å². The lowest BCUT2D eigenvalue weighted by Crippen LogP contribution is -2.49. The molecule has 2 aromatic carbocycles. The van der Waals surface area contributed by atoms with Gasteiger partial charge >= 0.3 is 0 Å². The molecule has 0 saturated carbocycles. The standard InChI is InChI=1S/C21H24ClN5O3S/c1-14(20-24-19-8-5-16(23)13-18(19)21(28)25(20)2)26-9-11-27(12-10-26)31(29,30)17-6-3-15(22)4-7-17/h3-8,13-14H,9-12,23H2,1-2H3. The van der Waals surface area contributed by atoms with Crippen molar-refractivity contribution in [3.8, 4) is 0 Å². The first-order chi connectivity index (χ1) is 14.7. The minimum absolute atomic E-state index is 0.150. The van der Waals surface area contributed by atoms with Gasteiger partial charge in [0.05, 0.1) is 21.8 Å². The van der Waals surface area contributed by atoms with E-state index in [0.29, 0.717) is 53.6 Å². The second-order valence-electron chi connectivity index (χ2n) is 7.68. The maximum absolute atomic E-state index is 12.9. The van der Waals surface area contributed by atoms with E-state index in [-0.39, 0.29) is 16.5 Å².